The Bertz CT molecular complexity index is 374. The van der Waals surface area contributed by atoms with Gasteiger partial charge in [-0.25, -0.2) is 0 Å². The normalized spacial score (nSPS) is 21.5. The topological polar surface area (TPSA) is 15.3 Å². The van der Waals surface area contributed by atoms with Crippen LogP contribution in [0.15, 0.2) is 30.3 Å². The third-order valence-electron chi connectivity index (χ3n) is 4.56. The van der Waals surface area contributed by atoms with Crippen molar-refractivity contribution in [2.24, 2.45) is 5.92 Å². The Balaban J connectivity index is 1.74. The van der Waals surface area contributed by atoms with Crippen molar-refractivity contribution in [1.82, 2.24) is 10.2 Å². The van der Waals surface area contributed by atoms with Gasteiger partial charge in [0.2, 0.25) is 0 Å². The highest BCUT2D eigenvalue weighted by Crippen LogP contribution is 2.18. The standard InChI is InChI=1S/C18H30N2/c1-4-18(12-16-8-6-5-7-9-16)19-13-17-10-11-20(14-17)15(2)3/h5-9,15,17-19H,4,10-14H2,1-3H3. The zero-order chi connectivity index (χ0) is 14.4. The third-order valence-corrected chi connectivity index (χ3v) is 4.56. The molecular weight excluding hydrogens is 244 g/mol. The van der Waals surface area contributed by atoms with Gasteiger partial charge in [-0.3, -0.25) is 0 Å². The summed E-state index contributed by atoms with van der Waals surface area (Å²) in [7, 11) is 0. The molecule has 1 aliphatic heterocycles. The van der Waals surface area contributed by atoms with Crippen LogP contribution in [0.1, 0.15) is 39.2 Å². The first-order valence-corrected chi connectivity index (χ1v) is 8.20. The van der Waals surface area contributed by atoms with Crippen LogP contribution >= 0.6 is 0 Å². The molecule has 1 saturated heterocycles. The van der Waals surface area contributed by atoms with Crippen molar-refractivity contribution >= 4 is 0 Å². The molecule has 1 aromatic carbocycles. The molecule has 0 bridgehead atoms. The highest BCUT2D eigenvalue weighted by molar-refractivity contribution is 5.15. The van der Waals surface area contributed by atoms with Crippen molar-refractivity contribution in [2.45, 2.75) is 52.1 Å². The minimum Gasteiger partial charge on any atom is -0.313 e. The summed E-state index contributed by atoms with van der Waals surface area (Å²) in [6.45, 7) is 10.6. The smallest absolute Gasteiger partial charge is 0.0105 e. The Morgan fingerprint density at radius 1 is 1.25 bits per heavy atom. The number of hydrogen-bond acceptors (Lipinski definition) is 2. The van der Waals surface area contributed by atoms with Crippen LogP contribution in [0.2, 0.25) is 0 Å². The highest BCUT2D eigenvalue weighted by Gasteiger charge is 2.24. The average Bonchev–Trinajstić information content (AvgIpc) is 2.93. The number of likely N-dealkylation sites (tertiary alicyclic amines) is 1. The van der Waals surface area contributed by atoms with Crippen molar-refractivity contribution in [3.05, 3.63) is 35.9 Å². The van der Waals surface area contributed by atoms with Gasteiger partial charge in [0.15, 0.2) is 0 Å². The maximum absolute atomic E-state index is 3.79. The Morgan fingerprint density at radius 3 is 2.60 bits per heavy atom. The van der Waals surface area contributed by atoms with Gasteiger partial charge in [0.1, 0.15) is 0 Å². The van der Waals surface area contributed by atoms with Crippen LogP contribution in [0.25, 0.3) is 0 Å². The van der Waals surface area contributed by atoms with Gasteiger partial charge in [-0.15, -0.1) is 0 Å². The molecule has 2 atom stereocenters. The molecule has 2 heteroatoms. The van der Waals surface area contributed by atoms with E-state index < -0.39 is 0 Å². The Kier molecular flexibility index (Phi) is 6.06. The maximum atomic E-state index is 3.79. The van der Waals surface area contributed by atoms with Gasteiger partial charge < -0.3 is 10.2 Å². The Labute approximate surface area is 124 Å². The summed E-state index contributed by atoms with van der Waals surface area (Å²) < 4.78 is 0. The van der Waals surface area contributed by atoms with E-state index in [9.17, 15) is 0 Å². The SMILES string of the molecule is CCC(Cc1ccccc1)NCC1CCN(C(C)C)C1. The molecule has 0 radical (unpaired) electrons. The quantitative estimate of drug-likeness (QED) is 0.820. The second kappa shape index (κ2) is 7.80. The molecule has 0 saturated carbocycles. The van der Waals surface area contributed by atoms with Crippen LogP contribution in [-0.4, -0.2) is 36.6 Å². The van der Waals surface area contributed by atoms with Gasteiger partial charge in [-0.2, -0.15) is 0 Å². The lowest BCUT2D eigenvalue weighted by atomic mass is 10.0. The van der Waals surface area contributed by atoms with Gasteiger partial charge in [-0.05, 0) is 57.7 Å². The van der Waals surface area contributed by atoms with E-state index in [1.165, 1.54) is 38.0 Å². The largest absolute Gasteiger partial charge is 0.313 e. The molecule has 0 amide bonds. The molecule has 112 valence electrons. The Morgan fingerprint density at radius 2 is 2.00 bits per heavy atom. The predicted octanol–water partition coefficient (Wildman–Crippen LogP) is 3.33. The molecule has 2 unspecified atom stereocenters. The average molecular weight is 274 g/mol. The highest BCUT2D eigenvalue weighted by atomic mass is 15.2. The summed E-state index contributed by atoms with van der Waals surface area (Å²) in [6, 6.07) is 12.2. The summed E-state index contributed by atoms with van der Waals surface area (Å²) in [4.78, 5) is 2.60. The minimum absolute atomic E-state index is 0.616. The van der Waals surface area contributed by atoms with Gasteiger partial charge >= 0.3 is 0 Å². The lowest BCUT2D eigenvalue weighted by Gasteiger charge is -2.22. The fraction of sp³-hybridized carbons (Fsp3) is 0.667. The lowest BCUT2D eigenvalue weighted by molar-refractivity contribution is 0.262. The van der Waals surface area contributed by atoms with E-state index >= 15 is 0 Å². The van der Waals surface area contributed by atoms with E-state index in [0.717, 1.165) is 12.3 Å². The number of benzene rings is 1. The summed E-state index contributed by atoms with van der Waals surface area (Å²) in [5.74, 6) is 0.835. The van der Waals surface area contributed by atoms with Crippen molar-refractivity contribution in [3.8, 4) is 0 Å². The predicted molar refractivity (Wildman–Crippen MR) is 87.0 cm³/mol. The molecule has 1 aromatic rings. The molecule has 1 N–H and O–H groups in total. The first kappa shape index (κ1) is 15.5. The van der Waals surface area contributed by atoms with Crippen molar-refractivity contribution < 1.29 is 0 Å². The second-order valence-corrected chi connectivity index (χ2v) is 6.45. The van der Waals surface area contributed by atoms with Crippen molar-refractivity contribution in [1.29, 1.82) is 0 Å². The fourth-order valence-electron chi connectivity index (χ4n) is 3.09. The molecule has 1 fully saturated rings. The molecule has 2 rings (SSSR count). The molecule has 20 heavy (non-hydrogen) atoms. The van der Waals surface area contributed by atoms with Crippen molar-refractivity contribution in [3.63, 3.8) is 0 Å². The third kappa shape index (κ3) is 4.60. The first-order valence-electron chi connectivity index (χ1n) is 8.20. The molecule has 1 aliphatic rings. The van der Waals surface area contributed by atoms with E-state index in [-0.39, 0.29) is 0 Å². The van der Waals surface area contributed by atoms with Gasteiger partial charge in [-0.1, -0.05) is 37.3 Å². The van der Waals surface area contributed by atoms with Crippen LogP contribution in [0.3, 0.4) is 0 Å². The zero-order valence-corrected chi connectivity index (χ0v) is 13.3. The van der Waals surface area contributed by atoms with Gasteiger partial charge in [0.05, 0.1) is 0 Å². The number of rotatable bonds is 7. The monoisotopic (exact) mass is 274 g/mol. The maximum Gasteiger partial charge on any atom is 0.0105 e. The van der Waals surface area contributed by atoms with Crippen LogP contribution in [-0.2, 0) is 6.42 Å². The molecule has 0 spiro atoms. The van der Waals surface area contributed by atoms with Crippen LogP contribution in [0.4, 0.5) is 0 Å². The Hall–Kier alpha value is -0.860. The van der Waals surface area contributed by atoms with Crippen LogP contribution in [0, 0.1) is 5.92 Å². The van der Waals surface area contributed by atoms with Crippen molar-refractivity contribution in [2.75, 3.05) is 19.6 Å². The molecule has 0 aromatic heterocycles. The van der Waals surface area contributed by atoms with E-state index in [2.05, 4.69) is 61.3 Å². The number of hydrogen-bond donors (Lipinski definition) is 1. The van der Waals surface area contributed by atoms with E-state index in [0.29, 0.717) is 12.1 Å². The van der Waals surface area contributed by atoms with Gasteiger partial charge in [0, 0.05) is 18.6 Å². The fourth-order valence-corrected chi connectivity index (χ4v) is 3.09. The minimum atomic E-state index is 0.616. The summed E-state index contributed by atoms with van der Waals surface area (Å²) >= 11 is 0. The van der Waals surface area contributed by atoms with E-state index in [4.69, 9.17) is 0 Å². The summed E-state index contributed by atoms with van der Waals surface area (Å²) in [5.41, 5.74) is 1.45. The molecule has 1 heterocycles. The number of nitrogens with one attached hydrogen (secondary N) is 1. The molecule has 2 nitrogen and oxygen atoms in total. The summed E-state index contributed by atoms with van der Waals surface area (Å²) in [5, 5.41) is 3.79. The first-order chi connectivity index (χ1) is 9.69. The van der Waals surface area contributed by atoms with E-state index in [1.807, 2.05) is 0 Å². The lowest BCUT2D eigenvalue weighted by Crippen LogP contribution is -2.36. The molecular formula is C18H30N2. The van der Waals surface area contributed by atoms with E-state index in [1.54, 1.807) is 0 Å². The second-order valence-electron chi connectivity index (χ2n) is 6.45. The van der Waals surface area contributed by atoms with Crippen LogP contribution < -0.4 is 5.32 Å². The summed E-state index contributed by atoms with van der Waals surface area (Å²) in [6.07, 6.45) is 3.71. The van der Waals surface area contributed by atoms with Gasteiger partial charge in [0.25, 0.3) is 0 Å². The molecule has 0 aliphatic carbocycles. The number of nitrogens with zero attached hydrogens (tertiary/aromatic N) is 1. The van der Waals surface area contributed by atoms with Crippen LogP contribution in [0.5, 0.6) is 0 Å². The zero-order valence-electron chi connectivity index (χ0n) is 13.3.